The van der Waals surface area contributed by atoms with Crippen LogP contribution in [0.5, 0.6) is 0 Å². The van der Waals surface area contributed by atoms with E-state index in [4.69, 9.17) is 23.2 Å². The molecule has 0 unspecified atom stereocenters. The molecule has 1 N–H and O–H groups in total. The van der Waals surface area contributed by atoms with E-state index in [0.717, 1.165) is 16.8 Å². The number of imidazole rings is 1. The van der Waals surface area contributed by atoms with Gasteiger partial charge in [0.1, 0.15) is 17.3 Å². The molecule has 0 saturated heterocycles. The number of nitrogens with zero attached hydrogens (tertiary/aromatic N) is 3. The predicted molar refractivity (Wildman–Crippen MR) is 75.1 cm³/mol. The normalized spacial score (nSPS) is 10.6. The second kappa shape index (κ2) is 4.99. The molecule has 0 saturated carbocycles. The first-order valence-electron chi connectivity index (χ1n) is 5.52. The highest BCUT2D eigenvalue weighted by Gasteiger charge is 2.08. The average molecular weight is 291 g/mol. The molecule has 0 aliphatic rings. The van der Waals surface area contributed by atoms with Crippen LogP contribution in [0.15, 0.2) is 42.9 Å². The lowest BCUT2D eigenvalue weighted by atomic mass is 10.1. The Morgan fingerprint density at radius 3 is 2.26 bits per heavy atom. The Hall–Kier alpha value is -1.91. The average Bonchev–Trinajstić information content (AvgIpc) is 2.80. The fourth-order valence-electron chi connectivity index (χ4n) is 1.73. The van der Waals surface area contributed by atoms with Crippen molar-refractivity contribution in [3.8, 4) is 22.6 Å². The summed E-state index contributed by atoms with van der Waals surface area (Å²) in [5, 5.41) is 0.619. The molecule has 0 amide bonds. The fourth-order valence-corrected chi connectivity index (χ4v) is 1.99. The van der Waals surface area contributed by atoms with Gasteiger partial charge in [0, 0.05) is 17.3 Å². The second-order valence-corrected chi connectivity index (χ2v) is 4.60. The second-order valence-electron chi connectivity index (χ2n) is 3.86. The van der Waals surface area contributed by atoms with Crippen LogP contribution in [0, 0.1) is 0 Å². The molecule has 19 heavy (non-hydrogen) atoms. The summed E-state index contributed by atoms with van der Waals surface area (Å²) in [6.45, 7) is 0. The summed E-state index contributed by atoms with van der Waals surface area (Å²) >= 11 is 11.7. The van der Waals surface area contributed by atoms with Gasteiger partial charge in [-0.2, -0.15) is 0 Å². The minimum atomic E-state index is 0.275. The van der Waals surface area contributed by atoms with Crippen LogP contribution in [0.1, 0.15) is 0 Å². The molecule has 2 heterocycles. The number of halogens is 2. The molecule has 0 aliphatic heterocycles. The number of hydrogen-bond acceptors (Lipinski definition) is 3. The van der Waals surface area contributed by atoms with Crippen molar-refractivity contribution < 1.29 is 0 Å². The van der Waals surface area contributed by atoms with Gasteiger partial charge in [-0.15, -0.1) is 0 Å². The zero-order valence-electron chi connectivity index (χ0n) is 9.64. The molecular formula is C13H8Cl2N4. The Balaban J connectivity index is 1.95. The van der Waals surface area contributed by atoms with Crippen LogP contribution < -0.4 is 0 Å². The van der Waals surface area contributed by atoms with Crippen molar-refractivity contribution >= 4 is 23.2 Å². The number of hydrogen-bond donors (Lipinski definition) is 1. The van der Waals surface area contributed by atoms with E-state index in [1.165, 1.54) is 6.33 Å². The van der Waals surface area contributed by atoms with Crippen LogP contribution >= 0.6 is 23.2 Å². The van der Waals surface area contributed by atoms with Crippen molar-refractivity contribution in [1.29, 1.82) is 0 Å². The Bertz CT molecular complexity index is 673. The maximum atomic E-state index is 5.84. The van der Waals surface area contributed by atoms with Crippen LogP contribution in [0.4, 0.5) is 0 Å². The van der Waals surface area contributed by atoms with E-state index < -0.39 is 0 Å². The molecule has 0 atom stereocenters. The van der Waals surface area contributed by atoms with E-state index in [1.54, 1.807) is 6.20 Å². The molecule has 0 aliphatic carbocycles. The summed E-state index contributed by atoms with van der Waals surface area (Å²) in [5.41, 5.74) is 2.79. The van der Waals surface area contributed by atoms with Crippen molar-refractivity contribution in [1.82, 2.24) is 19.9 Å². The third-order valence-electron chi connectivity index (χ3n) is 2.66. The van der Waals surface area contributed by atoms with E-state index in [2.05, 4.69) is 19.9 Å². The largest absolute Gasteiger partial charge is 0.328 e. The molecule has 94 valence electrons. The Morgan fingerprint density at radius 1 is 0.947 bits per heavy atom. The van der Waals surface area contributed by atoms with Gasteiger partial charge in [0.05, 0.1) is 5.69 Å². The van der Waals surface area contributed by atoms with E-state index in [9.17, 15) is 0 Å². The van der Waals surface area contributed by atoms with Crippen LogP contribution in [0.3, 0.4) is 0 Å². The van der Waals surface area contributed by atoms with E-state index >= 15 is 0 Å². The van der Waals surface area contributed by atoms with Crippen LogP contribution in [-0.2, 0) is 0 Å². The summed E-state index contributed by atoms with van der Waals surface area (Å²) in [6, 6.07) is 9.64. The molecular weight excluding hydrogens is 283 g/mol. The van der Waals surface area contributed by atoms with Gasteiger partial charge in [-0.3, -0.25) is 0 Å². The minimum Gasteiger partial charge on any atom is -0.328 e. The van der Waals surface area contributed by atoms with Crippen molar-refractivity contribution in [3.05, 3.63) is 53.2 Å². The van der Waals surface area contributed by atoms with Crippen LogP contribution in [-0.4, -0.2) is 19.9 Å². The third kappa shape index (κ3) is 2.45. The van der Waals surface area contributed by atoms with E-state index in [1.807, 2.05) is 30.3 Å². The highest BCUT2D eigenvalue weighted by atomic mass is 35.5. The van der Waals surface area contributed by atoms with Crippen LogP contribution in [0.25, 0.3) is 22.6 Å². The smallest absolute Gasteiger partial charge is 0.166 e. The fraction of sp³-hybridized carbons (Fsp3) is 0. The van der Waals surface area contributed by atoms with Gasteiger partial charge in [0.15, 0.2) is 5.15 Å². The molecule has 0 bridgehead atoms. The minimum absolute atomic E-state index is 0.275. The number of benzene rings is 1. The quantitative estimate of drug-likeness (QED) is 0.780. The van der Waals surface area contributed by atoms with Gasteiger partial charge in [-0.25, -0.2) is 15.0 Å². The van der Waals surface area contributed by atoms with Gasteiger partial charge in [0.2, 0.25) is 0 Å². The highest BCUT2D eigenvalue weighted by Crippen LogP contribution is 2.26. The molecule has 2 aromatic heterocycles. The molecule has 0 radical (unpaired) electrons. The lowest BCUT2D eigenvalue weighted by Gasteiger charge is -2.01. The topological polar surface area (TPSA) is 54.5 Å². The van der Waals surface area contributed by atoms with Crippen molar-refractivity contribution in [2.45, 2.75) is 0 Å². The van der Waals surface area contributed by atoms with Crippen molar-refractivity contribution in [2.24, 2.45) is 0 Å². The SMILES string of the molecule is Clc1nc(-c2ccc(-c3ccncn3)cc2)[nH]c1Cl. The molecule has 1 aromatic carbocycles. The summed E-state index contributed by atoms with van der Waals surface area (Å²) < 4.78 is 0. The van der Waals surface area contributed by atoms with Crippen molar-refractivity contribution in [2.75, 3.05) is 0 Å². The van der Waals surface area contributed by atoms with Gasteiger partial charge in [0.25, 0.3) is 0 Å². The van der Waals surface area contributed by atoms with Gasteiger partial charge < -0.3 is 4.98 Å². The Morgan fingerprint density at radius 2 is 1.68 bits per heavy atom. The number of nitrogens with one attached hydrogen (secondary N) is 1. The standard InChI is InChI=1S/C13H8Cl2N4/c14-11-12(15)19-13(18-11)9-3-1-8(2-4-9)10-5-6-16-7-17-10/h1-7H,(H,18,19). The first-order valence-corrected chi connectivity index (χ1v) is 6.27. The molecule has 3 rings (SSSR count). The number of aromatic amines is 1. The maximum absolute atomic E-state index is 5.84. The molecule has 0 fully saturated rings. The zero-order chi connectivity index (χ0) is 13.2. The molecule has 6 heteroatoms. The number of H-pyrrole nitrogens is 1. The first-order chi connectivity index (χ1) is 9.24. The Labute approximate surface area is 119 Å². The summed E-state index contributed by atoms with van der Waals surface area (Å²) in [6.07, 6.45) is 3.23. The molecule has 3 aromatic rings. The van der Waals surface area contributed by atoms with Gasteiger partial charge >= 0.3 is 0 Å². The number of aromatic nitrogens is 4. The number of rotatable bonds is 2. The van der Waals surface area contributed by atoms with E-state index in [0.29, 0.717) is 11.0 Å². The van der Waals surface area contributed by atoms with Crippen molar-refractivity contribution in [3.63, 3.8) is 0 Å². The lowest BCUT2D eigenvalue weighted by molar-refractivity contribution is 1.17. The predicted octanol–water partition coefficient (Wildman–Crippen LogP) is 3.84. The molecule has 4 nitrogen and oxygen atoms in total. The van der Waals surface area contributed by atoms with E-state index in [-0.39, 0.29) is 5.15 Å². The third-order valence-corrected chi connectivity index (χ3v) is 3.30. The maximum Gasteiger partial charge on any atom is 0.166 e. The highest BCUT2D eigenvalue weighted by molar-refractivity contribution is 6.40. The Kier molecular flexibility index (Phi) is 3.19. The molecule has 0 spiro atoms. The van der Waals surface area contributed by atoms with Gasteiger partial charge in [-0.1, -0.05) is 47.5 Å². The monoisotopic (exact) mass is 290 g/mol. The van der Waals surface area contributed by atoms with Crippen LogP contribution in [0.2, 0.25) is 10.3 Å². The summed E-state index contributed by atoms with van der Waals surface area (Å²) in [4.78, 5) is 15.1. The lowest BCUT2D eigenvalue weighted by Crippen LogP contribution is -1.85. The summed E-state index contributed by atoms with van der Waals surface area (Å²) in [7, 11) is 0. The first kappa shape index (κ1) is 12.1. The zero-order valence-corrected chi connectivity index (χ0v) is 11.2. The van der Waals surface area contributed by atoms with Gasteiger partial charge in [-0.05, 0) is 6.07 Å². The summed E-state index contributed by atoms with van der Waals surface area (Å²) in [5.74, 6) is 0.643.